The predicted octanol–water partition coefficient (Wildman–Crippen LogP) is 3.77. The van der Waals surface area contributed by atoms with Crippen molar-refractivity contribution in [2.75, 3.05) is 30.5 Å². The number of fused-ring (bicyclic) bond motifs is 2. The zero-order valence-corrected chi connectivity index (χ0v) is 29.1. The first-order valence-corrected chi connectivity index (χ1v) is 19.2. The van der Waals surface area contributed by atoms with Crippen LogP contribution in [0.2, 0.25) is 18.6 Å². The molecule has 0 aromatic heterocycles. The molecule has 4 N–H and O–H groups in total. The molecule has 0 saturated carbocycles. The number of hydrogen-bond donors (Lipinski definition) is 4. The summed E-state index contributed by atoms with van der Waals surface area (Å²) in [5.74, 6) is -1.06. The van der Waals surface area contributed by atoms with Crippen LogP contribution in [-0.4, -0.2) is 78.4 Å². The first kappa shape index (κ1) is 35.2. The van der Waals surface area contributed by atoms with E-state index in [1.54, 1.807) is 60.3 Å². The van der Waals surface area contributed by atoms with Crippen molar-refractivity contribution in [3.63, 3.8) is 0 Å². The molecule has 3 aromatic carbocycles. The summed E-state index contributed by atoms with van der Waals surface area (Å²) in [5.41, 5.74) is 1.39. The molecular weight excluding hydrogens is 630 g/mol. The number of anilines is 2. The van der Waals surface area contributed by atoms with E-state index in [0.29, 0.717) is 29.2 Å². The zero-order chi connectivity index (χ0) is 34.8. The van der Waals surface area contributed by atoms with Crippen molar-refractivity contribution in [3.8, 4) is 5.75 Å². The topological polar surface area (TPSA) is 149 Å². The Bertz CT molecular complexity index is 1650. The SMILES string of the molecule is COc1ccc2c(c1)[C@]1(O[C@@H](CC(=O)N(CCO)Cc3ccccc3)[C@H]([Si](C)(C)O)[C@H]1C)C(=O)N2Cc1cccc(NC(=O)[C@H](C)O)c1. The number of benzene rings is 3. The number of amides is 3. The van der Waals surface area contributed by atoms with Crippen molar-refractivity contribution in [2.24, 2.45) is 5.92 Å². The van der Waals surface area contributed by atoms with Gasteiger partial charge in [0, 0.05) is 35.8 Å². The van der Waals surface area contributed by atoms with Gasteiger partial charge in [-0.3, -0.25) is 14.4 Å². The standard InChI is InChI=1S/C36H45N3O8Si/c1-23-33(48(4,5)45)31(20-32(42)38(16-17-40)21-25-10-7-6-8-11-25)47-36(23)29-19-28(46-3)14-15-30(29)39(35(36)44)22-26-12-9-13-27(18-26)37-34(43)24(2)41/h6-15,18-19,23-24,31,33,40-41,45H,16-17,20-22H2,1-5H3,(H,37,43)/t23-,24+,31+,33-,36+/m1/s1. The summed E-state index contributed by atoms with van der Waals surface area (Å²) in [6.45, 7) is 7.29. The highest BCUT2D eigenvalue weighted by atomic mass is 28.4. The molecule has 0 bridgehead atoms. The summed E-state index contributed by atoms with van der Waals surface area (Å²) in [7, 11) is -1.50. The normalized spacial score (nSPS) is 22.5. The van der Waals surface area contributed by atoms with Crippen molar-refractivity contribution in [2.45, 2.75) is 69.8 Å². The Kier molecular flexibility index (Phi) is 10.4. The fourth-order valence-electron chi connectivity index (χ4n) is 7.23. The van der Waals surface area contributed by atoms with Gasteiger partial charge in [0.25, 0.3) is 11.8 Å². The molecular formula is C36H45N3O8Si. The summed E-state index contributed by atoms with van der Waals surface area (Å²) >= 11 is 0. The number of aliphatic hydroxyl groups excluding tert-OH is 2. The molecule has 3 amide bonds. The first-order valence-electron chi connectivity index (χ1n) is 16.2. The molecule has 2 heterocycles. The van der Waals surface area contributed by atoms with Crippen LogP contribution in [0.3, 0.4) is 0 Å². The molecule has 2 aliphatic rings. The second-order valence-corrected chi connectivity index (χ2v) is 17.2. The minimum atomic E-state index is -3.05. The lowest BCUT2D eigenvalue weighted by molar-refractivity contribution is -0.150. The Morgan fingerprint density at radius 3 is 2.44 bits per heavy atom. The van der Waals surface area contributed by atoms with Crippen LogP contribution >= 0.6 is 0 Å². The maximum atomic E-state index is 14.8. The van der Waals surface area contributed by atoms with E-state index >= 15 is 0 Å². The van der Waals surface area contributed by atoms with Gasteiger partial charge in [-0.05, 0) is 61.5 Å². The molecule has 1 saturated heterocycles. The minimum absolute atomic E-state index is 0.0712. The van der Waals surface area contributed by atoms with Gasteiger partial charge in [0.15, 0.2) is 13.9 Å². The lowest BCUT2D eigenvalue weighted by Gasteiger charge is -2.32. The van der Waals surface area contributed by atoms with Gasteiger partial charge in [-0.2, -0.15) is 0 Å². The van der Waals surface area contributed by atoms with Crippen molar-refractivity contribution < 1.29 is 38.9 Å². The van der Waals surface area contributed by atoms with Gasteiger partial charge < -0.3 is 39.6 Å². The van der Waals surface area contributed by atoms with Crippen molar-refractivity contribution in [3.05, 3.63) is 89.5 Å². The molecule has 0 unspecified atom stereocenters. The van der Waals surface area contributed by atoms with Crippen molar-refractivity contribution in [1.82, 2.24) is 4.90 Å². The van der Waals surface area contributed by atoms with Gasteiger partial charge in [0.05, 0.1) is 38.5 Å². The fraction of sp³-hybridized carbons (Fsp3) is 0.417. The molecule has 5 atom stereocenters. The third-order valence-electron chi connectivity index (χ3n) is 9.42. The quantitative estimate of drug-likeness (QED) is 0.212. The lowest BCUT2D eigenvalue weighted by atomic mass is 9.82. The van der Waals surface area contributed by atoms with Crippen LogP contribution in [0.1, 0.15) is 37.0 Å². The van der Waals surface area contributed by atoms with Crippen LogP contribution < -0.4 is 15.0 Å². The monoisotopic (exact) mass is 675 g/mol. The third kappa shape index (κ3) is 6.89. The summed E-state index contributed by atoms with van der Waals surface area (Å²) in [6, 6.07) is 22.0. The van der Waals surface area contributed by atoms with Gasteiger partial charge in [-0.1, -0.05) is 49.4 Å². The van der Waals surface area contributed by atoms with Crippen LogP contribution in [-0.2, 0) is 37.8 Å². The number of carbonyl (C=O) groups excluding carboxylic acids is 3. The average molecular weight is 676 g/mol. The van der Waals surface area contributed by atoms with Gasteiger partial charge in [0.2, 0.25) is 5.91 Å². The van der Waals surface area contributed by atoms with E-state index in [2.05, 4.69) is 5.32 Å². The highest BCUT2D eigenvalue weighted by Crippen LogP contribution is 2.60. The Hall–Kier alpha value is -4.07. The smallest absolute Gasteiger partial charge is 0.264 e. The van der Waals surface area contributed by atoms with Gasteiger partial charge in [-0.25, -0.2) is 0 Å². The van der Waals surface area contributed by atoms with E-state index in [4.69, 9.17) is 9.47 Å². The minimum Gasteiger partial charge on any atom is -0.497 e. The Morgan fingerprint density at radius 2 is 1.79 bits per heavy atom. The van der Waals surface area contributed by atoms with E-state index in [1.165, 1.54) is 6.92 Å². The average Bonchev–Trinajstić information content (AvgIpc) is 3.47. The molecule has 0 aliphatic carbocycles. The summed E-state index contributed by atoms with van der Waals surface area (Å²) in [6.07, 6.45) is -2.02. The predicted molar refractivity (Wildman–Crippen MR) is 184 cm³/mol. The molecule has 256 valence electrons. The van der Waals surface area contributed by atoms with Crippen LogP contribution in [0.25, 0.3) is 0 Å². The van der Waals surface area contributed by atoms with Gasteiger partial charge >= 0.3 is 0 Å². The molecule has 48 heavy (non-hydrogen) atoms. The van der Waals surface area contributed by atoms with E-state index in [0.717, 1.165) is 11.1 Å². The number of nitrogens with one attached hydrogen (secondary N) is 1. The largest absolute Gasteiger partial charge is 0.497 e. The number of ether oxygens (including phenoxy) is 2. The first-order chi connectivity index (χ1) is 22.8. The third-order valence-corrected chi connectivity index (χ3v) is 11.9. The highest BCUT2D eigenvalue weighted by Gasteiger charge is 2.66. The van der Waals surface area contributed by atoms with Crippen LogP contribution in [0.4, 0.5) is 11.4 Å². The maximum absolute atomic E-state index is 14.8. The highest BCUT2D eigenvalue weighted by molar-refractivity contribution is 6.71. The number of carbonyl (C=O) groups is 3. The molecule has 1 fully saturated rings. The Morgan fingerprint density at radius 1 is 1.08 bits per heavy atom. The second kappa shape index (κ2) is 14.2. The number of methoxy groups -OCH3 is 1. The summed E-state index contributed by atoms with van der Waals surface area (Å²) in [5, 5.41) is 22.1. The number of hydrogen-bond acceptors (Lipinski definition) is 8. The number of rotatable bonds is 12. The van der Waals surface area contributed by atoms with Crippen molar-refractivity contribution >= 4 is 37.4 Å². The molecule has 5 rings (SSSR count). The van der Waals surface area contributed by atoms with E-state index in [-0.39, 0.29) is 37.9 Å². The molecule has 11 nitrogen and oxygen atoms in total. The summed E-state index contributed by atoms with van der Waals surface area (Å²) < 4.78 is 12.4. The van der Waals surface area contributed by atoms with Crippen molar-refractivity contribution in [1.29, 1.82) is 0 Å². The van der Waals surface area contributed by atoms with Gasteiger partial charge in [-0.15, -0.1) is 0 Å². The molecule has 1 spiro atoms. The molecule has 0 radical (unpaired) electrons. The van der Waals surface area contributed by atoms with E-state index < -0.39 is 43.5 Å². The molecule has 12 heteroatoms. The van der Waals surface area contributed by atoms with Crippen LogP contribution in [0.5, 0.6) is 5.75 Å². The lowest BCUT2D eigenvalue weighted by Crippen LogP contribution is -2.46. The molecule has 3 aromatic rings. The summed E-state index contributed by atoms with van der Waals surface area (Å²) in [4.78, 5) is 55.7. The Balaban J connectivity index is 1.50. The van der Waals surface area contributed by atoms with Crippen LogP contribution in [0.15, 0.2) is 72.8 Å². The maximum Gasteiger partial charge on any atom is 0.264 e. The van der Waals surface area contributed by atoms with Gasteiger partial charge in [0.1, 0.15) is 11.9 Å². The Labute approximate surface area is 282 Å². The number of aliphatic hydroxyl groups is 2. The van der Waals surface area contributed by atoms with E-state index in [1.807, 2.05) is 49.4 Å². The van der Waals surface area contributed by atoms with E-state index in [9.17, 15) is 29.4 Å². The zero-order valence-electron chi connectivity index (χ0n) is 28.1. The second-order valence-electron chi connectivity index (χ2n) is 13.2. The number of nitrogens with zero attached hydrogens (tertiary/aromatic N) is 2. The molecule has 2 aliphatic heterocycles. The van der Waals surface area contributed by atoms with Crippen LogP contribution in [0, 0.1) is 5.92 Å². The fourth-order valence-corrected chi connectivity index (χ4v) is 9.79.